The van der Waals surface area contributed by atoms with Gasteiger partial charge in [0.2, 0.25) is 11.7 Å². The van der Waals surface area contributed by atoms with Crippen LogP contribution in [0.4, 0.5) is 0 Å². The second-order valence-electron chi connectivity index (χ2n) is 6.98. The van der Waals surface area contributed by atoms with Crippen LogP contribution in [0.3, 0.4) is 0 Å². The second kappa shape index (κ2) is 6.53. The fourth-order valence-electron chi connectivity index (χ4n) is 3.38. The molecule has 1 aliphatic heterocycles. The molecule has 0 spiro atoms. The van der Waals surface area contributed by atoms with Crippen molar-refractivity contribution < 1.29 is 14.4 Å². The van der Waals surface area contributed by atoms with Crippen molar-refractivity contribution in [1.82, 2.24) is 15.0 Å². The highest BCUT2D eigenvalue weighted by atomic mass is 16.5. The standard InChI is InChI=1S/C18H25N3O3/c1-12-7-8-13(10-14(12)23-4)17-19-16(24-20-17)11-21-9-5-6-15(21)18(2,3)22/h7-8,10,15,22H,5-6,9,11H2,1-4H3. The van der Waals surface area contributed by atoms with Crippen molar-refractivity contribution in [2.24, 2.45) is 0 Å². The van der Waals surface area contributed by atoms with Gasteiger partial charge < -0.3 is 14.4 Å². The van der Waals surface area contributed by atoms with Crippen LogP contribution in [-0.2, 0) is 6.54 Å². The number of aryl methyl sites for hydroxylation is 1. The van der Waals surface area contributed by atoms with Gasteiger partial charge in [0, 0.05) is 11.6 Å². The van der Waals surface area contributed by atoms with Crippen molar-refractivity contribution >= 4 is 0 Å². The largest absolute Gasteiger partial charge is 0.496 e. The summed E-state index contributed by atoms with van der Waals surface area (Å²) in [5, 5.41) is 14.4. The summed E-state index contributed by atoms with van der Waals surface area (Å²) < 4.78 is 10.8. The maximum atomic E-state index is 10.3. The van der Waals surface area contributed by atoms with Crippen LogP contribution >= 0.6 is 0 Å². The lowest BCUT2D eigenvalue weighted by Gasteiger charge is -2.32. The van der Waals surface area contributed by atoms with E-state index in [0.717, 1.165) is 36.3 Å². The highest BCUT2D eigenvalue weighted by Gasteiger charge is 2.36. The number of benzene rings is 1. The van der Waals surface area contributed by atoms with Crippen molar-refractivity contribution in [3.8, 4) is 17.1 Å². The van der Waals surface area contributed by atoms with Crippen LogP contribution in [0.2, 0.25) is 0 Å². The first-order valence-corrected chi connectivity index (χ1v) is 8.32. The molecular weight excluding hydrogens is 306 g/mol. The zero-order valence-electron chi connectivity index (χ0n) is 14.7. The minimum atomic E-state index is -0.732. The minimum absolute atomic E-state index is 0.118. The van der Waals surface area contributed by atoms with Gasteiger partial charge in [-0.15, -0.1) is 0 Å². The molecule has 0 saturated carbocycles. The lowest BCUT2D eigenvalue weighted by molar-refractivity contribution is -0.00774. The van der Waals surface area contributed by atoms with Crippen LogP contribution in [-0.4, -0.2) is 45.4 Å². The van der Waals surface area contributed by atoms with Gasteiger partial charge in [0.05, 0.1) is 19.3 Å². The Morgan fingerprint density at radius 3 is 2.92 bits per heavy atom. The zero-order valence-corrected chi connectivity index (χ0v) is 14.7. The molecule has 2 aromatic rings. The highest BCUT2D eigenvalue weighted by molar-refractivity contribution is 5.58. The molecule has 0 amide bonds. The Labute approximate surface area is 142 Å². The quantitative estimate of drug-likeness (QED) is 0.908. The van der Waals surface area contributed by atoms with E-state index < -0.39 is 5.60 Å². The molecule has 1 N–H and O–H groups in total. The van der Waals surface area contributed by atoms with E-state index in [1.165, 1.54) is 0 Å². The van der Waals surface area contributed by atoms with Crippen LogP contribution in [0.1, 0.15) is 38.1 Å². The molecule has 1 aromatic heterocycles. The summed E-state index contributed by atoms with van der Waals surface area (Å²) in [5.74, 6) is 1.93. The monoisotopic (exact) mass is 331 g/mol. The molecule has 2 heterocycles. The number of ether oxygens (including phenoxy) is 1. The SMILES string of the molecule is COc1cc(-c2noc(CN3CCCC3C(C)(C)O)n2)ccc1C. The number of hydrogen-bond donors (Lipinski definition) is 1. The number of aliphatic hydroxyl groups is 1. The molecule has 0 radical (unpaired) electrons. The number of aromatic nitrogens is 2. The Balaban J connectivity index is 1.76. The van der Waals surface area contributed by atoms with Crippen LogP contribution < -0.4 is 4.74 Å². The second-order valence-corrected chi connectivity index (χ2v) is 6.98. The molecule has 1 unspecified atom stereocenters. The average molecular weight is 331 g/mol. The first-order valence-electron chi connectivity index (χ1n) is 8.32. The lowest BCUT2D eigenvalue weighted by Crippen LogP contribution is -2.45. The van der Waals surface area contributed by atoms with E-state index in [1.807, 2.05) is 39.0 Å². The number of nitrogens with zero attached hydrogens (tertiary/aromatic N) is 3. The Morgan fingerprint density at radius 2 is 2.21 bits per heavy atom. The van der Waals surface area contributed by atoms with E-state index >= 15 is 0 Å². The third-order valence-corrected chi connectivity index (χ3v) is 4.65. The highest BCUT2D eigenvalue weighted by Crippen LogP contribution is 2.29. The fourth-order valence-corrected chi connectivity index (χ4v) is 3.38. The van der Waals surface area contributed by atoms with E-state index in [2.05, 4.69) is 15.0 Å². The number of rotatable bonds is 5. The van der Waals surface area contributed by atoms with Gasteiger partial charge in [-0.1, -0.05) is 17.3 Å². The van der Waals surface area contributed by atoms with Crippen molar-refractivity contribution in [3.63, 3.8) is 0 Å². The average Bonchev–Trinajstić information content (AvgIpc) is 3.17. The topological polar surface area (TPSA) is 71.6 Å². The van der Waals surface area contributed by atoms with Gasteiger partial charge >= 0.3 is 0 Å². The summed E-state index contributed by atoms with van der Waals surface area (Å²) in [6, 6.07) is 5.98. The third kappa shape index (κ3) is 3.44. The molecule has 1 aromatic carbocycles. The van der Waals surface area contributed by atoms with Crippen LogP contribution in [0, 0.1) is 6.92 Å². The van der Waals surface area contributed by atoms with E-state index in [9.17, 15) is 5.11 Å². The van der Waals surface area contributed by atoms with Crippen LogP contribution in [0.25, 0.3) is 11.4 Å². The van der Waals surface area contributed by atoms with Crippen molar-refractivity contribution in [1.29, 1.82) is 0 Å². The van der Waals surface area contributed by atoms with Gasteiger partial charge in [-0.2, -0.15) is 4.98 Å². The number of likely N-dealkylation sites (tertiary alicyclic amines) is 1. The van der Waals surface area contributed by atoms with E-state index in [1.54, 1.807) is 7.11 Å². The summed E-state index contributed by atoms with van der Waals surface area (Å²) in [7, 11) is 1.65. The summed E-state index contributed by atoms with van der Waals surface area (Å²) in [6.07, 6.45) is 2.06. The van der Waals surface area contributed by atoms with Crippen LogP contribution in [0.15, 0.2) is 22.7 Å². The normalized spacial score (nSPS) is 19.0. The molecule has 1 aliphatic rings. The van der Waals surface area contributed by atoms with Crippen molar-refractivity contribution in [2.45, 2.75) is 51.8 Å². The van der Waals surface area contributed by atoms with Gasteiger partial charge in [-0.3, -0.25) is 4.90 Å². The van der Waals surface area contributed by atoms with Crippen molar-refractivity contribution in [2.75, 3.05) is 13.7 Å². The molecule has 1 saturated heterocycles. The molecule has 130 valence electrons. The fraction of sp³-hybridized carbons (Fsp3) is 0.556. The Hall–Kier alpha value is -1.92. The maximum Gasteiger partial charge on any atom is 0.241 e. The van der Waals surface area contributed by atoms with Gasteiger partial charge in [-0.25, -0.2) is 0 Å². The molecule has 24 heavy (non-hydrogen) atoms. The molecule has 1 atom stereocenters. The van der Waals surface area contributed by atoms with Crippen LogP contribution in [0.5, 0.6) is 5.75 Å². The summed E-state index contributed by atoms with van der Waals surface area (Å²) in [4.78, 5) is 6.72. The molecule has 6 nitrogen and oxygen atoms in total. The zero-order chi connectivity index (χ0) is 17.3. The maximum absolute atomic E-state index is 10.3. The van der Waals surface area contributed by atoms with Crippen molar-refractivity contribution in [3.05, 3.63) is 29.7 Å². The van der Waals surface area contributed by atoms with Gasteiger partial charge in [0.15, 0.2) is 0 Å². The molecule has 3 rings (SSSR count). The lowest BCUT2D eigenvalue weighted by atomic mass is 9.97. The summed E-state index contributed by atoms with van der Waals surface area (Å²) >= 11 is 0. The van der Waals surface area contributed by atoms with E-state index in [-0.39, 0.29) is 6.04 Å². The predicted molar refractivity (Wildman–Crippen MR) is 90.8 cm³/mol. The first kappa shape index (κ1) is 16.9. The Kier molecular flexibility index (Phi) is 4.60. The predicted octanol–water partition coefficient (Wildman–Crippen LogP) is 2.79. The summed E-state index contributed by atoms with van der Waals surface area (Å²) in [5.41, 5.74) is 1.20. The minimum Gasteiger partial charge on any atom is -0.496 e. The van der Waals surface area contributed by atoms with E-state index in [0.29, 0.717) is 18.3 Å². The number of hydrogen-bond acceptors (Lipinski definition) is 6. The van der Waals surface area contributed by atoms with Gasteiger partial charge in [-0.05, 0) is 51.8 Å². The number of methoxy groups -OCH3 is 1. The third-order valence-electron chi connectivity index (χ3n) is 4.65. The molecule has 0 aliphatic carbocycles. The first-order chi connectivity index (χ1) is 11.4. The molecule has 6 heteroatoms. The summed E-state index contributed by atoms with van der Waals surface area (Å²) in [6.45, 7) is 7.20. The van der Waals surface area contributed by atoms with Gasteiger partial charge in [0.25, 0.3) is 0 Å². The molecule has 1 fully saturated rings. The smallest absolute Gasteiger partial charge is 0.241 e. The Morgan fingerprint density at radius 1 is 1.42 bits per heavy atom. The van der Waals surface area contributed by atoms with Gasteiger partial charge in [0.1, 0.15) is 5.75 Å². The molecular formula is C18H25N3O3. The van der Waals surface area contributed by atoms with E-state index in [4.69, 9.17) is 9.26 Å². The Bertz CT molecular complexity index is 706. The molecule has 0 bridgehead atoms.